The molecule has 0 bridgehead atoms. The zero-order valence-electron chi connectivity index (χ0n) is 13.4. The Balaban J connectivity index is 1.77. The lowest BCUT2D eigenvalue weighted by atomic mass is 9.50. The van der Waals surface area contributed by atoms with Gasteiger partial charge in [-0.2, -0.15) is 0 Å². The highest BCUT2D eigenvalue weighted by molar-refractivity contribution is 5.49. The maximum absolute atomic E-state index is 10.7. The summed E-state index contributed by atoms with van der Waals surface area (Å²) in [5, 5.41) is 10.7. The van der Waals surface area contributed by atoms with E-state index in [1.54, 1.807) is 6.26 Å². The maximum Gasteiger partial charge on any atom is 0.249 e. The average molecular weight is 320 g/mol. The summed E-state index contributed by atoms with van der Waals surface area (Å²) in [7, 11) is 0. The molecule has 2 aromatic carbocycles. The van der Waals surface area contributed by atoms with Gasteiger partial charge in [0.15, 0.2) is 0 Å². The predicted octanol–water partition coefficient (Wildman–Crippen LogP) is 3.73. The van der Waals surface area contributed by atoms with Crippen LogP contribution < -0.4 is 0 Å². The van der Waals surface area contributed by atoms with Crippen LogP contribution >= 0.6 is 0 Å². The van der Waals surface area contributed by atoms with Gasteiger partial charge in [0, 0.05) is 0 Å². The number of ether oxygens (including phenoxy) is 2. The molecule has 2 aromatic rings. The fourth-order valence-electron chi connectivity index (χ4n) is 5.01. The van der Waals surface area contributed by atoms with Crippen molar-refractivity contribution in [3.63, 3.8) is 0 Å². The van der Waals surface area contributed by atoms with Gasteiger partial charge in [0.25, 0.3) is 0 Å². The van der Waals surface area contributed by atoms with Gasteiger partial charge in [-0.15, -0.1) is 0 Å². The fourth-order valence-corrected chi connectivity index (χ4v) is 5.01. The van der Waals surface area contributed by atoms with E-state index in [1.807, 2.05) is 36.4 Å². The molecule has 0 radical (unpaired) electrons. The summed E-state index contributed by atoms with van der Waals surface area (Å²) < 4.78 is 12.5. The van der Waals surface area contributed by atoms with E-state index in [0.29, 0.717) is 6.42 Å². The molecule has 3 heteroatoms. The molecule has 0 unspecified atom stereocenters. The lowest BCUT2D eigenvalue weighted by Gasteiger charge is -2.68. The van der Waals surface area contributed by atoms with Gasteiger partial charge in [-0.3, -0.25) is 0 Å². The monoisotopic (exact) mass is 320 g/mol. The maximum atomic E-state index is 10.7. The quantitative estimate of drug-likeness (QED) is 0.916. The highest BCUT2D eigenvalue weighted by Crippen LogP contribution is 2.73. The summed E-state index contributed by atoms with van der Waals surface area (Å²) in [6.07, 6.45) is 5.84. The van der Waals surface area contributed by atoms with Crippen LogP contribution in [0.2, 0.25) is 0 Å². The first-order chi connectivity index (χ1) is 11.8. The molecule has 2 aliphatic heterocycles. The van der Waals surface area contributed by atoms with Gasteiger partial charge in [0.1, 0.15) is 11.7 Å². The van der Waals surface area contributed by atoms with Crippen LogP contribution in [0.15, 0.2) is 73.0 Å². The topological polar surface area (TPSA) is 38.7 Å². The Kier molecular flexibility index (Phi) is 2.80. The van der Waals surface area contributed by atoms with Crippen molar-refractivity contribution >= 4 is 0 Å². The number of rotatable bonds is 2. The second kappa shape index (κ2) is 4.71. The van der Waals surface area contributed by atoms with E-state index in [1.165, 1.54) is 0 Å². The van der Waals surface area contributed by atoms with Crippen LogP contribution in [0.1, 0.15) is 30.4 Å². The highest BCUT2D eigenvalue weighted by Gasteiger charge is 2.82. The molecule has 1 saturated heterocycles. The molecule has 122 valence electrons. The van der Waals surface area contributed by atoms with Crippen LogP contribution in [0, 0.1) is 5.41 Å². The molecule has 0 spiro atoms. The first kappa shape index (κ1) is 14.3. The normalized spacial score (nSPS) is 35.5. The van der Waals surface area contributed by atoms with E-state index < -0.39 is 17.5 Å². The lowest BCUT2D eigenvalue weighted by molar-refractivity contribution is -0.462. The third-order valence-corrected chi connectivity index (χ3v) is 6.00. The van der Waals surface area contributed by atoms with Crippen molar-refractivity contribution in [2.24, 2.45) is 5.41 Å². The van der Waals surface area contributed by atoms with E-state index >= 15 is 0 Å². The zero-order chi connectivity index (χ0) is 16.3. The highest BCUT2D eigenvalue weighted by atomic mass is 16.7. The van der Waals surface area contributed by atoms with Gasteiger partial charge in [-0.25, -0.2) is 0 Å². The van der Waals surface area contributed by atoms with Gasteiger partial charge in [0.05, 0.1) is 11.7 Å². The Morgan fingerprint density at radius 2 is 1.54 bits per heavy atom. The van der Waals surface area contributed by atoms with Crippen LogP contribution in [0.5, 0.6) is 0 Å². The molecule has 1 saturated carbocycles. The molecule has 24 heavy (non-hydrogen) atoms. The van der Waals surface area contributed by atoms with Gasteiger partial charge in [-0.05, 0) is 36.5 Å². The van der Waals surface area contributed by atoms with E-state index in [9.17, 15) is 5.11 Å². The summed E-state index contributed by atoms with van der Waals surface area (Å²) in [4.78, 5) is 0. The molecule has 2 fully saturated rings. The molecule has 1 aliphatic carbocycles. The van der Waals surface area contributed by atoms with Crippen molar-refractivity contribution in [3.8, 4) is 0 Å². The number of aliphatic hydroxyl groups excluding tert-OH is 1. The second-order valence-electron chi connectivity index (χ2n) is 6.98. The SMILES string of the molecule is O[C@H]1CCC[C@@]23C=CO[C@@]12OC3(c1ccccc1)c1ccccc1. The average Bonchev–Trinajstić information content (AvgIpc) is 2.95. The summed E-state index contributed by atoms with van der Waals surface area (Å²) in [6.45, 7) is 0. The van der Waals surface area contributed by atoms with Gasteiger partial charge in [-0.1, -0.05) is 60.7 Å². The van der Waals surface area contributed by atoms with Crippen molar-refractivity contribution in [2.45, 2.75) is 36.8 Å². The summed E-state index contributed by atoms with van der Waals surface area (Å²) in [5.74, 6) is -0.947. The number of benzene rings is 2. The van der Waals surface area contributed by atoms with Crippen molar-refractivity contribution in [2.75, 3.05) is 0 Å². The first-order valence-electron chi connectivity index (χ1n) is 8.60. The van der Waals surface area contributed by atoms with E-state index in [4.69, 9.17) is 9.47 Å². The Labute approximate surface area is 141 Å². The molecule has 0 aromatic heterocycles. The molecule has 2 heterocycles. The summed E-state index contributed by atoms with van der Waals surface area (Å²) >= 11 is 0. The van der Waals surface area contributed by atoms with E-state index in [2.05, 4.69) is 30.3 Å². The van der Waals surface area contributed by atoms with Crippen LogP contribution in [0.4, 0.5) is 0 Å². The predicted molar refractivity (Wildman–Crippen MR) is 90.0 cm³/mol. The third kappa shape index (κ3) is 1.41. The Bertz CT molecular complexity index is 746. The fraction of sp³-hybridized carbons (Fsp3) is 0.333. The first-order valence-corrected chi connectivity index (χ1v) is 8.60. The largest absolute Gasteiger partial charge is 0.466 e. The van der Waals surface area contributed by atoms with Crippen molar-refractivity contribution < 1.29 is 14.6 Å². The zero-order valence-corrected chi connectivity index (χ0v) is 13.4. The minimum atomic E-state index is -0.947. The number of hydrogen-bond donors (Lipinski definition) is 1. The molecular weight excluding hydrogens is 300 g/mol. The minimum Gasteiger partial charge on any atom is -0.466 e. The van der Waals surface area contributed by atoms with Crippen molar-refractivity contribution in [1.29, 1.82) is 0 Å². The summed E-state index contributed by atoms with van der Waals surface area (Å²) in [6, 6.07) is 20.6. The Hall–Kier alpha value is -2.10. The molecule has 0 amide bonds. The van der Waals surface area contributed by atoms with Gasteiger partial charge in [0.2, 0.25) is 5.79 Å². The minimum absolute atomic E-state index is 0.375. The van der Waals surface area contributed by atoms with E-state index in [0.717, 1.165) is 24.0 Å². The van der Waals surface area contributed by atoms with Gasteiger partial charge < -0.3 is 14.6 Å². The number of aliphatic hydroxyl groups is 1. The van der Waals surface area contributed by atoms with Crippen molar-refractivity contribution in [1.82, 2.24) is 0 Å². The smallest absolute Gasteiger partial charge is 0.249 e. The van der Waals surface area contributed by atoms with Crippen molar-refractivity contribution in [3.05, 3.63) is 84.1 Å². The molecule has 5 rings (SSSR count). The van der Waals surface area contributed by atoms with Gasteiger partial charge >= 0.3 is 0 Å². The van der Waals surface area contributed by atoms with Crippen LogP contribution in [0.25, 0.3) is 0 Å². The Morgan fingerprint density at radius 3 is 2.17 bits per heavy atom. The standard InChI is InChI=1S/C21H20O3/c22-18-12-7-13-19-14-15-23-21(18,19)24-20(19,16-8-3-1-4-9-16)17-10-5-2-6-11-17/h1-6,8-11,14-15,18,22H,7,12-13H2/t18-,19-,21+/m0/s1. The number of hydrogen-bond acceptors (Lipinski definition) is 3. The molecule has 3 aliphatic rings. The summed E-state index contributed by atoms with van der Waals surface area (Å²) in [5.41, 5.74) is 1.22. The molecule has 1 N–H and O–H groups in total. The second-order valence-corrected chi connectivity index (χ2v) is 6.98. The molecule has 3 atom stereocenters. The lowest BCUT2D eigenvalue weighted by Crippen LogP contribution is -2.78. The molecule has 3 nitrogen and oxygen atoms in total. The van der Waals surface area contributed by atoms with Crippen LogP contribution in [-0.2, 0) is 15.1 Å². The van der Waals surface area contributed by atoms with Crippen LogP contribution in [0.3, 0.4) is 0 Å². The third-order valence-electron chi connectivity index (χ3n) is 6.00. The van der Waals surface area contributed by atoms with E-state index in [-0.39, 0.29) is 5.41 Å². The Morgan fingerprint density at radius 1 is 0.917 bits per heavy atom. The van der Waals surface area contributed by atoms with Crippen LogP contribution in [-0.4, -0.2) is 17.0 Å². The molecular formula is C21H20O3.